The molecule has 1 N–H and O–H groups in total. The van der Waals surface area contributed by atoms with Crippen LogP contribution in [-0.4, -0.2) is 25.7 Å². The Balaban J connectivity index is 2.74. The highest BCUT2D eigenvalue weighted by atomic mass is 16.5. The molecule has 1 amide bonds. The highest BCUT2D eigenvalue weighted by Gasteiger charge is 2.05. The lowest BCUT2D eigenvalue weighted by molar-refractivity contribution is -0.116. The summed E-state index contributed by atoms with van der Waals surface area (Å²) < 4.78 is 11.1. The molecule has 4 nitrogen and oxygen atoms in total. The van der Waals surface area contributed by atoms with Gasteiger partial charge in [0.1, 0.15) is 0 Å². The lowest BCUT2D eigenvalue weighted by Crippen LogP contribution is -2.25. The Morgan fingerprint density at radius 3 is 2.48 bits per heavy atom. The SMILES string of the molecule is CCOc1ccc(/C=C/C(=O)NCC(C)C)cc1OCC. The second kappa shape index (κ2) is 9.06. The van der Waals surface area contributed by atoms with Crippen molar-refractivity contribution in [2.24, 2.45) is 5.92 Å². The zero-order valence-corrected chi connectivity index (χ0v) is 13.3. The Labute approximate surface area is 127 Å². The van der Waals surface area contributed by atoms with Crippen molar-refractivity contribution in [1.29, 1.82) is 0 Å². The molecule has 1 aromatic carbocycles. The van der Waals surface area contributed by atoms with Crippen LogP contribution in [0.4, 0.5) is 0 Å². The van der Waals surface area contributed by atoms with Gasteiger partial charge < -0.3 is 14.8 Å². The molecule has 0 spiro atoms. The van der Waals surface area contributed by atoms with Crippen LogP contribution in [0.2, 0.25) is 0 Å². The van der Waals surface area contributed by atoms with Gasteiger partial charge in [-0.15, -0.1) is 0 Å². The largest absolute Gasteiger partial charge is 0.490 e. The molecule has 0 fully saturated rings. The summed E-state index contributed by atoms with van der Waals surface area (Å²) >= 11 is 0. The molecule has 0 radical (unpaired) electrons. The Bertz CT molecular complexity index is 481. The van der Waals surface area contributed by atoms with Crippen LogP contribution in [0, 0.1) is 5.92 Å². The van der Waals surface area contributed by atoms with Gasteiger partial charge in [0.2, 0.25) is 5.91 Å². The zero-order chi connectivity index (χ0) is 15.7. The summed E-state index contributed by atoms with van der Waals surface area (Å²) in [4.78, 5) is 11.6. The third kappa shape index (κ3) is 6.34. The van der Waals surface area contributed by atoms with Crippen LogP contribution < -0.4 is 14.8 Å². The fourth-order valence-corrected chi connectivity index (χ4v) is 1.71. The maximum Gasteiger partial charge on any atom is 0.244 e. The van der Waals surface area contributed by atoms with Gasteiger partial charge in [-0.1, -0.05) is 19.9 Å². The van der Waals surface area contributed by atoms with Crippen molar-refractivity contribution < 1.29 is 14.3 Å². The number of carbonyl (C=O) groups excluding carboxylic acids is 1. The summed E-state index contributed by atoms with van der Waals surface area (Å²) in [6.45, 7) is 9.82. The van der Waals surface area contributed by atoms with E-state index in [-0.39, 0.29) is 5.91 Å². The molecule has 1 aromatic rings. The van der Waals surface area contributed by atoms with Crippen molar-refractivity contribution in [2.45, 2.75) is 27.7 Å². The summed E-state index contributed by atoms with van der Waals surface area (Å²) in [5, 5.41) is 2.84. The van der Waals surface area contributed by atoms with Gasteiger partial charge in [0.05, 0.1) is 13.2 Å². The summed E-state index contributed by atoms with van der Waals surface area (Å²) in [5.74, 6) is 1.78. The molecule has 4 heteroatoms. The van der Waals surface area contributed by atoms with Crippen LogP contribution in [0.1, 0.15) is 33.3 Å². The van der Waals surface area contributed by atoms with E-state index in [0.717, 1.165) is 11.3 Å². The fourth-order valence-electron chi connectivity index (χ4n) is 1.71. The number of rotatable bonds is 8. The van der Waals surface area contributed by atoms with Crippen molar-refractivity contribution in [3.63, 3.8) is 0 Å². The molecular formula is C17H25NO3. The van der Waals surface area contributed by atoms with Crippen molar-refractivity contribution in [3.05, 3.63) is 29.8 Å². The molecular weight excluding hydrogens is 266 g/mol. The maximum absolute atomic E-state index is 11.6. The number of ether oxygens (including phenoxy) is 2. The topological polar surface area (TPSA) is 47.6 Å². The van der Waals surface area contributed by atoms with Crippen molar-refractivity contribution in [3.8, 4) is 11.5 Å². The average molecular weight is 291 g/mol. The minimum Gasteiger partial charge on any atom is -0.490 e. The van der Waals surface area contributed by atoms with Gasteiger partial charge in [-0.2, -0.15) is 0 Å². The molecule has 0 aliphatic heterocycles. The van der Waals surface area contributed by atoms with Gasteiger partial charge in [0.15, 0.2) is 11.5 Å². The quantitative estimate of drug-likeness (QED) is 0.748. The lowest BCUT2D eigenvalue weighted by atomic mass is 10.2. The van der Waals surface area contributed by atoms with Crippen LogP contribution in [0.3, 0.4) is 0 Å². The minimum absolute atomic E-state index is 0.0875. The van der Waals surface area contributed by atoms with Gasteiger partial charge >= 0.3 is 0 Å². The van der Waals surface area contributed by atoms with E-state index in [1.54, 1.807) is 6.08 Å². The fraction of sp³-hybridized carbons (Fsp3) is 0.471. The number of hydrogen-bond donors (Lipinski definition) is 1. The Morgan fingerprint density at radius 2 is 1.86 bits per heavy atom. The third-order valence-corrected chi connectivity index (χ3v) is 2.68. The second-order valence-corrected chi connectivity index (χ2v) is 5.04. The predicted octanol–water partition coefficient (Wildman–Crippen LogP) is 3.27. The van der Waals surface area contributed by atoms with Crippen LogP contribution in [0.25, 0.3) is 6.08 Å². The maximum atomic E-state index is 11.6. The van der Waals surface area contributed by atoms with Gasteiger partial charge in [0, 0.05) is 12.6 Å². The first-order chi connectivity index (χ1) is 10.1. The van der Waals surface area contributed by atoms with E-state index < -0.39 is 0 Å². The van der Waals surface area contributed by atoms with E-state index in [1.165, 1.54) is 6.08 Å². The summed E-state index contributed by atoms with van der Waals surface area (Å²) in [7, 11) is 0. The predicted molar refractivity (Wildman–Crippen MR) is 85.7 cm³/mol. The minimum atomic E-state index is -0.0875. The van der Waals surface area contributed by atoms with E-state index in [0.29, 0.717) is 31.4 Å². The molecule has 0 aliphatic rings. The first kappa shape index (κ1) is 17.1. The van der Waals surface area contributed by atoms with Gasteiger partial charge in [-0.05, 0) is 43.5 Å². The Kier molecular flexibility index (Phi) is 7.37. The number of benzene rings is 1. The molecule has 1 rings (SSSR count). The number of amides is 1. The number of hydrogen-bond acceptors (Lipinski definition) is 3. The molecule has 0 aromatic heterocycles. The normalized spacial score (nSPS) is 10.9. The highest BCUT2D eigenvalue weighted by Crippen LogP contribution is 2.28. The van der Waals surface area contributed by atoms with Gasteiger partial charge in [-0.3, -0.25) is 4.79 Å². The number of carbonyl (C=O) groups is 1. The molecule has 0 unspecified atom stereocenters. The van der Waals surface area contributed by atoms with Crippen molar-refractivity contribution in [2.75, 3.05) is 19.8 Å². The van der Waals surface area contributed by atoms with Crippen LogP contribution in [0.15, 0.2) is 24.3 Å². The van der Waals surface area contributed by atoms with E-state index in [9.17, 15) is 4.79 Å². The molecule has 0 saturated heterocycles. The van der Waals surface area contributed by atoms with E-state index >= 15 is 0 Å². The molecule has 0 heterocycles. The Hall–Kier alpha value is -1.97. The van der Waals surface area contributed by atoms with Crippen LogP contribution in [0.5, 0.6) is 11.5 Å². The molecule has 0 bridgehead atoms. The third-order valence-electron chi connectivity index (χ3n) is 2.68. The van der Waals surface area contributed by atoms with Gasteiger partial charge in [-0.25, -0.2) is 0 Å². The second-order valence-electron chi connectivity index (χ2n) is 5.04. The first-order valence-electron chi connectivity index (χ1n) is 7.42. The van der Waals surface area contributed by atoms with Crippen molar-refractivity contribution in [1.82, 2.24) is 5.32 Å². The molecule has 116 valence electrons. The molecule has 0 aliphatic carbocycles. The smallest absolute Gasteiger partial charge is 0.244 e. The zero-order valence-electron chi connectivity index (χ0n) is 13.3. The van der Waals surface area contributed by atoms with E-state index in [4.69, 9.17) is 9.47 Å². The lowest BCUT2D eigenvalue weighted by Gasteiger charge is -2.11. The van der Waals surface area contributed by atoms with Crippen LogP contribution in [-0.2, 0) is 4.79 Å². The molecule has 21 heavy (non-hydrogen) atoms. The summed E-state index contributed by atoms with van der Waals surface area (Å²) in [5.41, 5.74) is 0.904. The Morgan fingerprint density at radius 1 is 1.19 bits per heavy atom. The number of nitrogens with one attached hydrogen (secondary N) is 1. The first-order valence-corrected chi connectivity index (χ1v) is 7.42. The molecule has 0 saturated carbocycles. The molecule has 0 atom stereocenters. The van der Waals surface area contributed by atoms with Gasteiger partial charge in [0.25, 0.3) is 0 Å². The van der Waals surface area contributed by atoms with E-state index in [2.05, 4.69) is 19.2 Å². The highest BCUT2D eigenvalue weighted by molar-refractivity contribution is 5.91. The van der Waals surface area contributed by atoms with Crippen LogP contribution >= 0.6 is 0 Å². The van der Waals surface area contributed by atoms with E-state index in [1.807, 2.05) is 32.0 Å². The standard InChI is InChI=1S/C17H25NO3/c1-5-20-15-9-7-14(11-16(15)21-6-2)8-10-17(19)18-12-13(3)4/h7-11,13H,5-6,12H2,1-4H3,(H,18,19)/b10-8+. The average Bonchev–Trinajstić information content (AvgIpc) is 2.45. The summed E-state index contributed by atoms with van der Waals surface area (Å²) in [6.07, 6.45) is 3.31. The summed E-state index contributed by atoms with van der Waals surface area (Å²) in [6, 6.07) is 5.64. The van der Waals surface area contributed by atoms with Crippen molar-refractivity contribution >= 4 is 12.0 Å². The monoisotopic (exact) mass is 291 g/mol.